The van der Waals surface area contributed by atoms with E-state index in [2.05, 4.69) is 21.3 Å². The Morgan fingerprint density at radius 2 is 1.47 bits per heavy atom. The van der Waals surface area contributed by atoms with E-state index in [-0.39, 0.29) is 66.0 Å². The molecule has 16 nitrogen and oxygen atoms in total. The molecular formula is C54H88N8O8. The van der Waals surface area contributed by atoms with Crippen molar-refractivity contribution in [2.75, 3.05) is 60.3 Å². The van der Waals surface area contributed by atoms with Gasteiger partial charge in [-0.1, -0.05) is 104 Å². The van der Waals surface area contributed by atoms with E-state index >= 15 is 0 Å². The normalized spacial score (nSPS) is 17.3. The van der Waals surface area contributed by atoms with Crippen LogP contribution in [0.25, 0.3) is 0 Å². The van der Waals surface area contributed by atoms with Crippen molar-refractivity contribution in [1.29, 1.82) is 0 Å². The second-order valence-electron chi connectivity index (χ2n) is 20.1. The van der Waals surface area contributed by atoms with Crippen LogP contribution < -0.4 is 27.0 Å². The monoisotopic (exact) mass is 977 g/mol. The maximum absolute atomic E-state index is 14.5. The van der Waals surface area contributed by atoms with Crippen molar-refractivity contribution in [3.63, 3.8) is 0 Å². The first kappa shape index (κ1) is 59.4. The minimum atomic E-state index is -0.883. The summed E-state index contributed by atoms with van der Waals surface area (Å²) in [6.45, 7) is 15.0. The molecule has 7 unspecified atom stereocenters. The number of hydrogen-bond donors (Lipinski definition) is 5. The predicted octanol–water partition coefficient (Wildman–Crippen LogP) is 5.18. The highest BCUT2D eigenvalue weighted by molar-refractivity contribution is 5.91. The molecular weight excluding hydrogens is 889 g/mol. The summed E-state index contributed by atoms with van der Waals surface area (Å²) in [5, 5.41) is 12.0. The van der Waals surface area contributed by atoms with Crippen LogP contribution in [0.5, 0.6) is 0 Å². The maximum Gasteiger partial charge on any atom is 0.245 e. The van der Waals surface area contributed by atoms with Gasteiger partial charge in [-0.15, -0.1) is 0 Å². The molecule has 1 aliphatic rings. The minimum absolute atomic E-state index is 0.0125. The SMILES string of the molecule is CCC(C)C(C(CC(=O)N1CCCC1C(OC)C(C)C(=O)N[C@@H](Cc1ccccc1)C(=O)NCCc1ccc(NC(=O)CCCCCN)cc1)OC)N(C)C(=O)[C@@H](NC(=O)C(C(C)C)N(C)C)C(C)C. The van der Waals surface area contributed by atoms with Gasteiger partial charge in [-0.3, -0.25) is 33.7 Å². The van der Waals surface area contributed by atoms with Crippen LogP contribution in [0.3, 0.4) is 0 Å². The van der Waals surface area contributed by atoms with Gasteiger partial charge in [0, 0.05) is 52.9 Å². The molecule has 0 saturated carbocycles. The fourth-order valence-corrected chi connectivity index (χ4v) is 9.81. The van der Waals surface area contributed by atoms with Crippen LogP contribution in [0.1, 0.15) is 111 Å². The lowest BCUT2D eigenvalue weighted by molar-refractivity contribution is -0.148. The molecule has 392 valence electrons. The van der Waals surface area contributed by atoms with E-state index in [1.807, 2.05) is 115 Å². The first-order valence-electron chi connectivity index (χ1n) is 25.6. The first-order chi connectivity index (χ1) is 33.3. The third kappa shape index (κ3) is 17.7. The van der Waals surface area contributed by atoms with Gasteiger partial charge in [0.2, 0.25) is 35.4 Å². The zero-order chi connectivity index (χ0) is 52.1. The smallest absolute Gasteiger partial charge is 0.245 e. The van der Waals surface area contributed by atoms with Crippen molar-refractivity contribution in [2.24, 2.45) is 29.4 Å². The molecule has 16 heteroatoms. The number of likely N-dealkylation sites (N-methyl/N-ethyl adjacent to an activating group) is 2. The highest BCUT2D eigenvalue weighted by Crippen LogP contribution is 2.30. The number of anilines is 1. The average Bonchev–Trinajstić information content (AvgIpc) is 3.81. The van der Waals surface area contributed by atoms with Crippen LogP contribution >= 0.6 is 0 Å². The Hall–Kier alpha value is -4.90. The summed E-state index contributed by atoms with van der Waals surface area (Å²) in [5.41, 5.74) is 8.12. The first-order valence-corrected chi connectivity index (χ1v) is 25.6. The van der Waals surface area contributed by atoms with Crippen LogP contribution in [0.15, 0.2) is 54.6 Å². The number of hydrogen-bond acceptors (Lipinski definition) is 10. The lowest BCUT2D eigenvalue weighted by atomic mass is 9.89. The summed E-state index contributed by atoms with van der Waals surface area (Å²) in [4.78, 5) is 88.1. The molecule has 0 radical (unpaired) electrons. The molecule has 0 aliphatic carbocycles. The third-order valence-corrected chi connectivity index (χ3v) is 13.9. The molecule has 1 heterocycles. The highest BCUT2D eigenvalue weighted by atomic mass is 16.5. The lowest BCUT2D eigenvalue weighted by Gasteiger charge is -2.41. The number of nitrogens with one attached hydrogen (secondary N) is 4. The number of nitrogens with two attached hydrogens (primary N) is 1. The van der Waals surface area contributed by atoms with Gasteiger partial charge in [0.05, 0.1) is 42.7 Å². The number of benzene rings is 2. The summed E-state index contributed by atoms with van der Waals surface area (Å²) in [7, 11) is 8.53. The Morgan fingerprint density at radius 1 is 0.800 bits per heavy atom. The standard InChI is InChI=1S/C54H88N8O8/c1-13-37(6)49(61(10)54(68)47(35(2)3)59-53(67)48(36(4)5)60(8)9)44(69-11)34-46(64)62-32-20-23-43(62)50(70-12)38(7)51(65)58-42(33-40-21-16-14-17-22-40)52(66)56-31-29-39-25-27-41(28-26-39)57-45(63)24-18-15-19-30-55/h14,16-17,21-22,25-28,35-38,42-44,47-50H,13,15,18-20,23-24,29-34,55H2,1-12H3,(H,56,66)(H,57,63)(H,58,65)(H,59,67)/t37?,38?,42-,43?,44?,47-,48?,49?,50?/m0/s1. The zero-order valence-corrected chi connectivity index (χ0v) is 44.4. The van der Waals surface area contributed by atoms with Gasteiger partial charge in [-0.05, 0) is 93.8 Å². The Kier molecular flexibility index (Phi) is 25.5. The van der Waals surface area contributed by atoms with Gasteiger partial charge < -0.3 is 46.3 Å². The number of carbonyl (C=O) groups excluding carboxylic acids is 6. The van der Waals surface area contributed by atoms with E-state index < -0.39 is 48.3 Å². The summed E-state index contributed by atoms with van der Waals surface area (Å²) in [5.74, 6) is -2.34. The summed E-state index contributed by atoms with van der Waals surface area (Å²) < 4.78 is 12.1. The van der Waals surface area contributed by atoms with Gasteiger partial charge in [0.1, 0.15) is 12.1 Å². The van der Waals surface area contributed by atoms with Gasteiger partial charge in [-0.2, -0.15) is 0 Å². The van der Waals surface area contributed by atoms with Gasteiger partial charge >= 0.3 is 0 Å². The van der Waals surface area contributed by atoms with Crippen molar-refractivity contribution in [1.82, 2.24) is 30.7 Å². The van der Waals surface area contributed by atoms with E-state index in [4.69, 9.17) is 15.2 Å². The fourth-order valence-electron chi connectivity index (χ4n) is 9.81. The summed E-state index contributed by atoms with van der Waals surface area (Å²) in [6.07, 6.45) is 4.54. The largest absolute Gasteiger partial charge is 0.379 e. The van der Waals surface area contributed by atoms with Gasteiger partial charge in [-0.25, -0.2) is 0 Å². The molecule has 3 rings (SSSR count). The number of unbranched alkanes of at least 4 members (excludes halogenated alkanes) is 2. The summed E-state index contributed by atoms with van der Waals surface area (Å²) in [6, 6.07) is 14.0. The summed E-state index contributed by atoms with van der Waals surface area (Å²) >= 11 is 0. The Bertz CT molecular complexity index is 1920. The minimum Gasteiger partial charge on any atom is -0.379 e. The van der Waals surface area contributed by atoms with Crippen LogP contribution in [-0.4, -0.2) is 148 Å². The molecule has 6 amide bonds. The van der Waals surface area contributed by atoms with Crippen molar-refractivity contribution in [3.05, 3.63) is 65.7 Å². The Labute approximate surface area is 419 Å². The van der Waals surface area contributed by atoms with Crippen molar-refractivity contribution < 1.29 is 38.2 Å². The van der Waals surface area contributed by atoms with Crippen molar-refractivity contribution in [3.8, 4) is 0 Å². The number of rotatable bonds is 30. The molecule has 9 atom stereocenters. The fraction of sp³-hybridized carbons (Fsp3) is 0.667. The molecule has 1 aliphatic heterocycles. The van der Waals surface area contributed by atoms with E-state index in [1.165, 1.54) is 7.11 Å². The quantitative estimate of drug-likeness (QED) is 0.0650. The number of ether oxygens (including phenoxy) is 2. The molecule has 70 heavy (non-hydrogen) atoms. The van der Waals surface area contributed by atoms with E-state index in [1.54, 1.807) is 30.9 Å². The second-order valence-corrected chi connectivity index (χ2v) is 20.1. The Balaban J connectivity index is 1.73. The predicted molar refractivity (Wildman–Crippen MR) is 277 cm³/mol. The molecule has 6 N–H and O–H groups in total. The van der Waals surface area contributed by atoms with Gasteiger partial charge in [0.25, 0.3) is 0 Å². The molecule has 0 bridgehead atoms. The zero-order valence-electron chi connectivity index (χ0n) is 44.4. The van der Waals surface area contributed by atoms with Crippen LogP contribution in [0.4, 0.5) is 5.69 Å². The molecule has 2 aromatic rings. The molecule has 0 spiro atoms. The molecule has 1 saturated heterocycles. The molecule has 2 aromatic carbocycles. The van der Waals surface area contributed by atoms with Crippen LogP contribution in [0, 0.1) is 23.7 Å². The number of methoxy groups -OCH3 is 2. The average molecular weight is 977 g/mol. The Morgan fingerprint density at radius 3 is 2.04 bits per heavy atom. The van der Waals surface area contributed by atoms with E-state index in [0.29, 0.717) is 57.4 Å². The number of amides is 6. The topological polar surface area (TPSA) is 205 Å². The number of nitrogens with zero attached hydrogens (tertiary/aromatic N) is 3. The van der Waals surface area contributed by atoms with Crippen LogP contribution in [-0.2, 0) is 51.1 Å². The van der Waals surface area contributed by atoms with Crippen molar-refractivity contribution >= 4 is 41.1 Å². The maximum atomic E-state index is 14.5. The number of likely N-dealkylation sites (tertiary alicyclic amines) is 1. The number of carbonyl (C=O) groups is 6. The third-order valence-electron chi connectivity index (χ3n) is 13.9. The van der Waals surface area contributed by atoms with Crippen molar-refractivity contribution in [2.45, 2.75) is 155 Å². The van der Waals surface area contributed by atoms with Gasteiger partial charge in [0.15, 0.2) is 0 Å². The molecule has 0 aromatic heterocycles. The highest BCUT2D eigenvalue weighted by Gasteiger charge is 2.43. The van der Waals surface area contributed by atoms with Crippen LogP contribution in [0.2, 0.25) is 0 Å². The molecule has 1 fully saturated rings. The second kappa shape index (κ2) is 30.1. The van der Waals surface area contributed by atoms with E-state index in [0.717, 1.165) is 30.4 Å². The van der Waals surface area contributed by atoms with E-state index in [9.17, 15) is 28.8 Å². The lowest BCUT2D eigenvalue weighted by Crippen LogP contribution is -2.59.